The van der Waals surface area contributed by atoms with Crippen molar-refractivity contribution in [2.24, 2.45) is 5.14 Å². The number of hydrogen-bond acceptors (Lipinski definition) is 6. The maximum atomic E-state index is 11.4. The molecule has 1 aliphatic heterocycles. The molecule has 0 bridgehead atoms. The maximum absolute atomic E-state index is 11.4. The SMILES string of the molecule is NS(=O)(=O)c1cccc(N2CCSCC2)c1[N+](=O)[O-]. The van der Waals surface area contributed by atoms with Crippen LogP contribution in [-0.2, 0) is 10.0 Å². The molecule has 1 aliphatic rings. The van der Waals surface area contributed by atoms with E-state index in [2.05, 4.69) is 0 Å². The van der Waals surface area contributed by atoms with Crippen LogP contribution in [0, 0.1) is 10.1 Å². The van der Waals surface area contributed by atoms with Crippen LogP contribution in [0.15, 0.2) is 23.1 Å². The Morgan fingerprint density at radius 1 is 1.32 bits per heavy atom. The molecule has 19 heavy (non-hydrogen) atoms. The van der Waals surface area contributed by atoms with Gasteiger partial charge in [0.15, 0.2) is 4.90 Å². The third-order valence-electron chi connectivity index (χ3n) is 2.82. The molecule has 1 aromatic rings. The highest BCUT2D eigenvalue weighted by Gasteiger charge is 2.29. The van der Waals surface area contributed by atoms with Crippen molar-refractivity contribution in [3.8, 4) is 0 Å². The van der Waals surface area contributed by atoms with Crippen molar-refractivity contribution in [1.29, 1.82) is 0 Å². The molecule has 2 rings (SSSR count). The van der Waals surface area contributed by atoms with E-state index >= 15 is 0 Å². The number of nitrogens with two attached hydrogens (primary N) is 1. The van der Waals surface area contributed by atoms with Crippen molar-refractivity contribution < 1.29 is 13.3 Å². The predicted molar refractivity (Wildman–Crippen MR) is 74.0 cm³/mol. The molecule has 0 spiro atoms. The van der Waals surface area contributed by atoms with Crippen LogP contribution in [0.25, 0.3) is 0 Å². The summed E-state index contributed by atoms with van der Waals surface area (Å²) in [4.78, 5) is 11.9. The van der Waals surface area contributed by atoms with E-state index in [4.69, 9.17) is 5.14 Å². The molecule has 0 radical (unpaired) electrons. The van der Waals surface area contributed by atoms with Crippen molar-refractivity contribution in [1.82, 2.24) is 0 Å². The van der Waals surface area contributed by atoms with E-state index in [1.54, 1.807) is 17.8 Å². The first kappa shape index (κ1) is 14.1. The summed E-state index contributed by atoms with van der Waals surface area (Å²) in [6.07, 6.45) is 0. The molecule has 0 aromatic heterocycles. The molecule has 1 aromatic carbocycles. The first-order valence-electron chi connectivity index (χ1n) is 5.54. The molecule has 0 amide bonds. The summed E-state index contributed by atoms with van der Waals surface area (Å²) in [5.74, 6) is 1.72. The van der Waals surface area contributed by atoms with Gasteiger partial charge in [-0.25, -0.2) is 13.6 Å². The Balaban J connectivity index is 2.57. The average Bonchev–Trinajstić information content (AvgIpc) is 2.37. The van der Waals surface area contributed by atoms with Gasteiger partial charge in [0.1, 0.15) is 5.69 Å². The van der Waals surface area contributed by atoms with Gasteiger partial charge in [-0.1, -0.05) is 6.07 Å². The van der Waals surface area contributed by atoms with Gasteiger partial charge in [-0.05, 0) is 12.1 Å². The summed E-state index contributed by atoms with van der Waals surface area (Å²) < 4.78 is 22.9. The van der Waals surface area contributed by atoms with Crippen LogP contribution < -0.4 is 10.0 Å². The zero-order chi connectivity index (χ0) is 14.0. The quantitative estimate of drug-likeness (QED) is 0.653. The summed E-state index contributed by atoms with van der Waals surface area (Å²) in [5, 5.41) is 16.2. The molecule has 7 nitrogen and oxygen atoms in total. The van der Waals surface area contributed by atoms with Crippen molar-refractivity contribution in [2.45, 2.75) is 4.90 Å². The molecule has 0 saturated carbocycles. The standard InChI is InChI=1S/C10H13N3O4S2/c11-19(16,17)9-3-1-2-8(10(9)13(14)15)12-4-6-18-7-5-12/h1-3H,4-7H2,(H2,11,16,17). The lowest BCUT2D eigenvalue weighted by molar-refractivity contribution is -0.387. The largest absolute Gasteiger partial charge is 0.364 e. The van der Waals surface area contributed by atoms with Gasteiger partial charge in [-0.15, -0.1) is 0 Å². The lowest BCUT2D eigenvalue weighted by atomic mass is 10.2. The number of nitro groups is 1. The Bertz CT molecular complexity index is 597. The summed E-state index contributed by atoms with van der Waals surface area (Å²) in [7, 11) is -4.11. The van der Waals surface area contributed by atoms with E-state index in [1.807, 2.05) is 4.90 Å². The third-order valence-corrected chi connectivity index (χ3v) is 4.70. The second-order valence-electron chi connectivity index (χ2n) is 4.03. The summed E-state index contributed by atoms with van der Waals surface area (Å²) in [5.41, 5.74) is -0.117. The lowest BCUT2D eigenvalue weighted by Crippen LogP contribution is -2.33. The van der Waals surface area contributed by atoms with Gasteiger partial charge in [-0.2, -0.15) is 11.8 Å². The van der Waals surface area contributed by atoms with Crippen LogP contribution >= 0.6 is 11.8 Å². The van der Waals surface area contributed by atoms with Crippen molar-refractivity contribution >= 4 is 33.2 Å². The second kappa shape index (κ2) is 5.35. The van der Waals surface area contributed by atoms with Gasteiger partial charge in [0, 0.05) is 24.6 Å². The zero-order valence-electron chi connectivity index (χ0n) is 9.98. The van der Waals surface area contributed by atoms with Crippen LogP contribution in [0.3, 0.4) is 0 Å². The van der Waals surface area contributed by atoms with Crippen LogP contribution in [0.1, 0.15) is 0 Å². The van der Waals surface area contributed by atoms with Crippen LogP contribution in [0.4, 0.5) is 11.4 Å². The van der Waals surface area contributed by atoms with Gasteiger partial charge >= 0.3 is 5.69 Å². The Labute approximate surface area is 115 Å². The van der Waals surface area contributed by atoms with Crippen molar-refractivity contribution in [3.05, 3.63) is 28.3 Å². The molecule has 1 saturated heterocycles. The predicted octanol–water partition coefficient (Wildman–Crippen LogP) is 0.795. The fourth-order valence-corrected chi connectivity index (χ4v) is 3.60. The number of hydrogen-bond donors (Lipinski definition) is 1. The maximum Gasteiger partial charge on any atom is 0.312 e. The smallest absolute Gasteiger partial charge is 0.312 e. The highest BCUT2D eigenvalue weighted by Crippen LogP contribution is 2.35. The number of nitrogens with zero attached hydrogens (tertiary/aromatic N) is 2. The molecule has 0 unspecified atom stereocenters. The number of sulfonamides is 1. The van der Waals surface area contributed by atoms with Gasteiger partial charge in [0.2, 0.25) is 10.0 Å². The van der Waals surface area contributed by atoms with E-state index in [-0.39, 0.29) is 0 Å². The van der Waals surface area contributed by atoms with E-state index in [9.17, 15) is 18.5 Å². The average molecular weight is 303 g/mol. The highest BCUT2D eigenvalue weighted by atomic mass is 32.2. The summed E-state index contributed by atoms with van der Waals surface area (Å²) >= 11 is 1.76. The van der Waals surface area contributed by atoms with E-state index in [0.717, 1.165) is 17.6 Å². The number of anilines is 1. The number of thioether (sulfide) groups is 1. The van der Waals surface area contributed by atoms with Crippen LogP contribution in [0.5, 0.6) is 0 Å². The normalized spacial score (nSPS) is 16.4. The van der Waals surface area contributed by atoms with Crippen molar-refractivity contribution in [3.63, 3.8) is 0 Å². The van der Waals surface area contributed by atoms with Gasteiger partial charge in [0.05, 0.1) is 4.92 Å². The van der Waals surface area contributed by atoms with Gasteiger partial charge in [-0.3, -0.25) is 10.1 Å². The van der Waals surface area contributed by atoms with Crippen molar-refractivity contribution in [2.75, 3.05) is 29.5 Å². The number of rotatable bonds is 3. The Kier molecular flexibility index (Phi) is 3.97. The minimum absolute atomic E-state index is 0.317. The Hall–Kier alpha value is -1.32. The Morgan fingerprint density at radius 3 is 2.47 bits per heavy atom. The van der Waals surface area contributed by atoms with Crippen LogP contribution in [-0.4, -0.2) is 37.9 Å². The molecule has 104 valence electrons. The fraction of sp³-hybridized carbons (Fsp3) is 0.400. The first-order chi connectivity index (χ1) is 8.91. The fourth-order valence-electron chi connectivity index (χ4n) is 1.98. The van der Waals surface area contributed by atoms with Crippen LogP contribution in [0.2, 0.25) is 0 Å². The van der Waals surface area contributed by atoms with E-state index < -0.39 is 25.5 Å². The summed E-state index contributed by atoms with van der Waals surface area (Å²) in [6, 6.07) is 4.20. The molecule has 1 heterocycles. The zero-order valence-corrected chi connectivity index (χ0v) is 11.6. The molecule has 0 atom stereocenters. The van der Waals surface area contributed by atoms with Gasteiger partial charge in [0.25, 0.3) is 0 Å². The highest BCUT2D eigenvalue weighted by molar-refractivity contribution is 7.99. The molecule has 2 N–H and O–H groups in total. The molecule has 0 aliphatic carbocycles. The number of benzene rings is 1. The van der Waals surface area contributed by atoms with E-state index in [1.165, 1.54) is 6.07 Å². The topological polar surface area (TPSA) is 107 Å². The van der Waals surface area contributed by atoms with Gasteiger partial charge < -0.3 is 4.90 Å². The second-order valence-corrected chi connectivity index (χ2v) is 6.78. The summed E-state index contributed by atoms with van der Waals surface area (Å²) in [6.45, 7) is 1.30. The third kappa shape index (κ3) is 2.99. The molecule has 9 heteroatoms. The monoisotopic (exact) mass is 303 g/mol. The number of para-hydroxylation sites is 1. The molecule has 1 fully saturated rings. The number of primary sulfonamides is 1. The lowest BCUT2D eigenvalue weighted by Gasteiger charge is -2.28. The number of nitro benzene ring substituents is 1. The minimum Gasteiger partial charge on any atom is -0.364 e. The molecular weight excluding hydrogens is 290 g/mol. The van der Waals surface area contributed by atoms with E-state index in [0.29, 0.717) is 18.8 Å². The minimum atomic E-state index is -4.11. The molecular formula is C10H13N3O4S2. The Morgan fingerprint density at radius 2 is 1.95 bits per heavy atom. The first-order valence-corrected chi connectivity index (χ1v) is 8.24.